The van der Waals surface area contributed by atoms with Gasteiger partial charge in [0.05, 0.1) is 5.25 Å². The van der Waals surface area contributed by atoms with Crippen LogP contribution in [0.1, 0.15) is 58.3 Å². The Morgan fingerprint density at radius 3 is 2.44 bits per heavy atom. The molecule has 0 aromatic carbocycles. The average Bonchev–Trinajstić information content (AvgIpc) is 2.38. The van der Waals surface area contributed by atoms with Gasteiger partial charge < -0.3 is 0 Å². The molecule has 1 aliphatic carbocycles. The van der Waals surface area contributed by atoms with Crippen LogP contribution in [0.2, 0.25) is 0 Å². The number of sulfonamides is 1. The molecule has 0 aliphatic heterocycles. The first-order valence-electron chi connectivity index (χ1n) is 7.14. The van der Waals surface area contributed by atoms with Crippen LogP contribution in [0.4, 0.5) is 0 Å². The summed E-state index contributed by atoms with van der Waals surface area (Å²) in [5.41, 5.74) is 0. The van der Waals surface area contributed by atoms with E-state index in [1.165, 1.54) is 6.42 Å². The third-order valence-corrected chi connectivity index (χ3v) is 6.15. The highest BCUT2D eigenvalue weighted by Crippen LogP contribution is 2.23. The van der Waals surface area contributed by atoms with Crippen LogP contribution < -0.4 is 4.72 Å². The summed E-state index contributed by atoms with van der Waals surface area (Å²) in [6, 6.07) is 0. The zero-order valence-electron chi connectivity index (χ0n) is 11.3. The van der Waals surface area contributed by atoms with E-state index in [1.54, 1.807) is 0 Å². The summed E-state index contributed by atoms with van der Waals surface area (Å²) in [5, 5.41) is 0.806. The fraction of sp³-hybridized carbons (Fsp3) is 1.00. The van der Waals surface area contributed by atoms with Crippen LogP contribution in [-0.2, 0) is 10.0 Å². The minimum absolute atomic E-state index is 0.141. The first-order valence-corrected chi connectivity index (χ1v) is 9.81. The number of alkyl halides is 1. The Kier molecular flexibility index (Phi) is 7.80. The molecule has 1 saturated carbocycles. The lowest BCUT2D eigenvalue weighted by Crippen LogP contribution is -2.38. The van der Waals surface area contributed by atoms with Gasteiger partial charge in [0.25, 0.3) is 0 Å². The van der Waals surface area contributed by atoms with Crippen molar-refractivity contribution in [3.05, 3.63) is 0 Å². The molecule has 0 radical (unpaired) electrons. The molecule has 0 spiro atoms. The van der Waals surface area contributed by atoms with Gasteiger partial charge in [0, 0.05) is 11.9 Å². The summed E-state index contributed by atoms with van der Waals surface area (Å²) in [6.07, 6.45) is 8.24. The maximum atomic E-state index is 12.2. The third kappa shape index (κ3) is 5.57. The van der Waals surface area contributed by atoms with Gasteiger partial charge >= 0.3 is 0 Å². The van der Waals surface area contributed by atoms with Gasteiger partial charge in [-0.2, -0.15) is 0 Å². The summed E-state index contributed by atoms with van der Waals surface area (Å²) >= 11 is 3.44. The van der Waals surface area contributed by atoms with Gasteiger partial charge in [0.1, 0.15) is 0 Å². The van der Waals surface area contributed by atoms with Crippen LogP contribution in [0.3, 0.4) is 0 Å². The SMILES string of the molecule is CCCC(CCBr)CNS(=O)(=O)C1CCCCC1. The second-order valence-electron chi connectivity index (χ2n) is 5.29. The maximum Gasteiger partial charge on any atom is 0.214 e. The smallest absolute Gasteiger partial charge is 0.214 e. The van der Waals surface area contributed by atoms with Gasteiger partial charge in [-0.3, -0.25) is 0 Å². The van der Waals surface area contributed by atoms with E-state index in [0.717, 1.165) is 50.3 Å². The Labute approximate surface area is 120 Å². The molecule has 1 aliphatic rings. The van der Waals surface area contributed by atoms with Crippen LogP contribution in [0.5, 0.6) is 0 Å². The maximum absolute atomic E-state index is 12.2. The Morgan fingerprint density at radius 2 is 1.89 bits per heavy atom. The molecule has 1 atom stereocenters. The highest BCUT2D eigenvalue weighted by atomic mass is 79.9. The van der Waals surface area contributed by atoms with Crippen molar-refractivity contribution in [2.45, 2.75) is 63.5 Å². The summed E-state index contributed by atoms with van der Waals surface area (Å²) in [5.74, 6) is 0.466. The van der Waals surface area contributed by atoms with Crippen molar-refractivity contribution in [1.29, 1.82) is 0 Å². The van der Waals surface area contributed by atoms with Crippen molar-refractivity contribution in [3.63, 3.8) is 0 Å². The molecule has 0 aromatic heterocycles. The van der Waals surface area contributed by atoms with Crippen molar-refractivity contribution in [2.24, 2.45) is 5.92 Å². The lowest BCUT2D eigenvalue weighted by Gasteiger charge is -2.23. The second-order valence-corrected chi connectivity index (χ2v) is 8.12. The molecule has 5 heteroatoms. The third-order valence-electron chi connectivity index (χ3n) is 3.78. The molecule has 0 amide bonds. The van der Waals surface area contributed by atoms with E-state index < -0.39 is 10.0 Å². The predicted octanol–water partition coefficient (Wildman–Crippen LogP) is 3.44. The van der Waals surface area contributed by atoms with Crippen molar-refractivity contribution >= 4 is 26.0 Å². The molecule has 0 heterocycles. The van der Waals surface area contributed by atoms with Crippen LogP contribution in [0.15, 0.2) is 0 Å². The van der Waals surface area contributed by atoms with Gasteiger partial charge in [-0.1, -0.05) is 48.5 Å². The Balaban J connectivity index is 2.43. The predicted molar refractivity (Wildman–Crippen MR) is 80.6 cm³/mol. The Hall–Kier alpha value is 0.390. The fourth-order valence-corrected chi connectivity index (χ4v) is 4.94. The molecular weight excluding hydrogens is 314 g/mol. The Morgan fingerprint density at radius 1 is 1.22 bits per heavy atom. The first kappa shape index (κ1) is 16.4. The number of hydrogen-bond acceptors (Lipinski definition) is 2. The van der Waals surface area contributed by atoms with E-state index in [1.807, 2.05) is 0 Å². The van der Waals surface area contributed by atoms with E-state index >= 15 is 0 Å². The highest BCUT2D eigenvalue weighted by Gasteiger charge is 2.27. The van der Waals surface area contributed by atoms with Crippen molar-refractivity contribution in [2.75, 3.05) is 11.9 Å². The summed E-state index contributed by atoms with van der Waals surface area (Å²) < 4.78 is 27.2. The van der Waals surface area contributed by atoms with Gasteiger partial charge in [0.15, 0.2) is 0 Å². The molecule has 0 aromatic rings. The van der Waals surface area contributed by atoms with E-state index in [0.29, 0.717) is 12.5 Å². The van der Waals surface area contributed by atoms with Gasteiger partial charge in [-0.25, -0.2) is 13.1 Å². The van der Waals surface area contributed by atoms with E-state index in [9.17, 15) is 8.42 Å². The van der Waals surface area contributed by atoms with Crippen molar-refractivity contribution in [1.82, 2.24) is 4.72 Å². The summed E-state index contributed by atoms with van der Waals surface area (Å²) in [7, 11) is -3.08. The topological polar surface area (TPSA) is 46.2 Å². The number of rotatable bonds is 8. The van der Waals surface area contributed by atoms with Crippen LogP contribution in [0.25, 0.3) is 0 Å². The Bertz CT molecular complexity index is 307. The molecular formula is C13H26BrNO2S. The number of hydrogen-bond donors (Lipinski definition) is 1. The first-order chi connectivity index (χ1) is 8.60. The zero-order valence-corrected chi connectivity index (χ0v) is 13.7. The monoisotopic (exact) mass is 339 g/mol. The minimum Gasteiger partial charge on any atom is -0.215 e. The van der Waals surface area contributed by atoms with Crippen molar-refractivity contribution < 1.29 is 8.42 Å². The van der Waals surface area contributed by atoms with Gasteiger partial charge in [0.2, 0.25) is 10.0 Å². The molecule has 0 bridgehead atoms. The van der Waals surface area contributed by atoms with Crippen molar-refractivity contribution in [3.8, 4) is 0 Å². The highest BCUT2D eigenvalue weighted by molar-refractivity contribution is 9.09. The van der Waals surface area contributed by atoms with E-state index in [4.69, 9.17) is 0 Å². The molecule has 108 valence electrons. The molecule has 1 fully saturated rings. The van der Waals surface area contributed by atoms with Crippen LogP contribution in [-0.4, -0.2) is 25.5 Å². The standard InChI is InChI=1S/C13H26BrNO2S/c1-2-6-12(9-10-14)11-15-18(16,17)13-7-4-3-5-8-13/h12-13,15H,2-11H2,1H3. The van der Waals surface area contributed by atoms with Gasteiger partial charge in [-0.05, 0) is 31.6 Å². The number of nitrogens with one attached hydrogen (secondary N) is 1. The van der Waals surface area contributed by atoms with Gasteiger partial charge in [-0.15, -0.1) is 0 Å². The van der Waals surface area contributed by atoms with E-state index in [-0.39, 0.29) is 5.25 Å². The van der Waals surface area contributed by atoms with Crippen LogP contribution in [0, 0.1) is 5.92 Å². The molecule has 3 nitrogen and oxygen atoms in total. The quantitative estimate of drug-likeness (QED) is 0.688. The summed E-state index contributed by atoms with van der Waals surface area (Å²) in [6.45, 7) is 2.76. The summed E-state index contributed by atoms with van der Waals surface area (Å²) in [4.78, 5) is 0. The average molecular weight is 340 g/mol. The normalized spacial score (nSPS) is 19.9. The molecule has 1 N–H and O–H groups in total. The molecule has 1 rings (SSSR count). The molecule has 18 heavy (non-hydrogen) atoms. The minimum atomic E-state index is -3.08. The zero-order chi connectivity index (χ0) is 13.4. The lowest BCUT2D eigenvalue weighted by atomic mass is 10.0. The molecule has 0 saturated heterocycles. The largest absolute Gasteiger partial charge is 0.215 e. The van der Waals surface area contributed by atoms with E-state index in [2.05, 4.69) is 27.6 Å². The lowest BCUT2D eigenvalue weighted by molar-refractivity contribution is 0.444. The molecule has 1 unspecified atom stereocenters. The van der Waals surface area contributed by atoms with Crippen LogP contribution >= 0.6 is 15.9 Å². The second kappa shape index (κ2) is 8.54. The fourth-order valence-electron chi connectivity index (χ4n) is 2.64. The number of halogens is 1.